The Morgan fingerprint density at radius 1 is 1.45 bits per heavy atom. The molecule has 1 aliphatic rings. The molecule has 0 aliphatic heterocycles. The van der Waals surface area contributed by atoms with Gasteiger partial charge in [-0.05, 0) is 30.9 Å². The Bertz CT molecular complexity index is 268. The van der Waals surface area contributed by atoms with Gasteiger partial charge in [-0.2, -0.15) is 0 Å². The molecule has 2 rings (SSSR count). The minimum atomic E-state index is 1.16. The Morgan fingerprint density at radius 3 is 3.18 bits per heavy atom. The van der Waals surface area contributed by atoms with Gasteiger partial charge in [0.15, 0.2) is 0 Å². The van der Waals surface area contributed by atoms with Crippen molar-refractivity contribution in [2.75, 3.05) is 12.4 Å². The molecule has 1 aliphatic carbocycles. The summed E-state index contributed by atoms with van der Waals surface area (Å²) in [7, 11) is 1.97. The smallest absolute Gasteiger partial charge is 0.0456 e. The second-order valence-electron chi connectivity index (χ2n) is 2.89. The predicted octanol–water partition coefficient (Wildman–Crippen LogP) is 1.61. The van der Waals surface area contributed by atoms with Gasteiger partial charge in [0.2, 0.25) is 0 Å². The Kier molecular flexibility index (Phi) is 1.53. The van der Waals surface area contributed by atoms with Crippen LogP contribution in [-0.2, 0) is 12.8 Å². The third-order valence-electron chi connectivity index (χ3n) is 2.25. The van der Waals surface area contributed by atoms with Crippen molar-refractivity contribution in [1.82, 2.24) is 4.98 Å². The van der Waals surface area contributed by atoms with E-state index < -0.39 is 0 Å². The Morgan fingerprint density at radius 2 is 2.36 bits per heavy atom. The molecule has 0 saturated heterocycles. The van der Waals surface area contributed by atoms with E-state index in [0.29, 0.717) is 0 Å². The highest BCUT2D eigenvalue weighted by atomic mass is 14.8. The first-order valence-electron chi connectivity index (χ1n) is 4.06. The van der Waals surface area contributed by atoms with Crippen molar-refractivity contribution in [3.63, 3.8) is 0 Å². The Labute approximate surface area is 66.7 Å². The van der Waals surface area contributed by atoms with Crippen LogP contribution in [0.3, 0.4) is 0 Å². The van der Waals surface area contributed by atoms with Crippen LogP contribution in [0, 0.1) is 0 Å². The standard InChI is InChI=1S/C9H12N2/c1-10-8-5-6-11-9-4-2-3-7(8)9/h5-6H,2-4H2,1H3,(H,10,11). The molecule has 0 radical (unpaired) electrons. The SMILES string of the molecule is CNc1ccnc2c1CCC2. The van der Waals surface area contributed by atoms with Gasteiger partial charge in [-0.25, -0.2) is 0 Å². The fourth-order valence-corrected chi connectivity index (χ4v) is 1.70. The monoisotopic (exact) mass is 148 g/mol. The highest BCUT2D eigenvalue weighted by Crippen LogP contribution is 2.26. The molecule has 1 aromatic heterocycles. The number of aryl methyl sites for hydroxylation is 1. The number of fused-ring (bicyclic) bond motifs is 1. The van der Waals surface area contributed by atoms with Crippen molar-refractivity contribution in [2.45, 2.75) is 19.3 Å². The van der Waals surface area contributed by atoms with Crippen LogP contribution in [0.2, 0.25) is 0 Å². The summed E-state index contributed by atoms with van der Waals surface area (Å²) in [6.07, 6.45) is 5.50. The van der Waals surface area contributed by atoms with E-state index in [4.69, 9.17) is 0 Å². The summed E-state index contributed by atoms with van der Waals surface area (Å²) in [6.45, 7) is 0. The number of nitrogens with zero attached hydrogens (tertiary/aromatic N) is 1. The van der Waals surface area contributed by atoms with E-state index in [1.807, 2.05) is 19.3 Å². The summed E-state index contributed by atoms with van der Waals surface area (Å²) in [5.41, 5.74) is 3.97. The van der Waals surface area contributed by atoms with Gasteiger partial charge in [-0.1, -0.05) is 0 Å². The maximum Gasteiger partial charge on any atom is 0.0456 e. The van der Waals surface area contributed by atoms with E-state index in [9.17, 15) is 0 Å². The summed E-state index contributed by atoms with van der Waals surface area (Å²) in [5, 5.41) is 3.19. The molecular formula is C9H12N2. The number of hydrogen-bond acceptors (Lipinski definition) is 2. The van der Waals surface area contributed by atoms with Gasteiger partial charge in [0.1, 0.15) is 0 Å². The fraction of sp³-hybridized carbons (Fsp3) is 0.444. The average molecular weight is 148 g/mol. The topological polar surface area (TPSA) is 24.9 Å². The highest BCUT2D eigenvalue weighted by Gasteiger charge is 2.14. The maximum atomic E-state index is 4.33. The number of rotatable bonds is 1. The molecular weight excluding hydrogens is 136 g/mol. The Balaban J connectivity index is 2.50. The van der Waals surface area contributed by atoms with Gasteiger partial charge >= 0.3 is 0 Å². The van der Waals surface area contributed by atoms with E-state index in [1.165, 1.54) is 29.8 Å². The molecule has 11 heavy (non-hydrogen) atoms. The van der Waals surface area contributed by atoms with E-state index in [-0.39, 0.29) is 0 Å². The number of anilines is 1. The molecule has 1 aromatic rings. The molecule has 58 valence electrons. The van der Waals surface area contributed by atoms with E-state index in [0.717, 1.165) is 6.42 Å². The van der Waals surface area contributed by atoms with E-state index in [2.05, 4.69) is 10.3 Å². The highest BCUT2D eigenvalue weighted by molar-refractivity contribution is 5.53. The van der Waals surface area contributed by atoms with Gasteiger partial charge < -0.3 is 5.32 Å². The number of pyridine rings is 1. The van der Waals surface area contributed by atoms with Crippen molar-refractivity contribution in [2.24, 2.45) is 0 Å². The zero-order valence-electron chi connectivity index (χ0n) is 6.72. The van der Waals surface area contributed by atoms with Crippen molar-refractivity contribution in [1.29, 1.82) is 0 Å². The summed E-state index contributed by atoms with van der Waals surface area (Å²) < 4.78 is 0. The molecule has 2 nitrogen and oxygen atoms in total. The van der Waals surface area contributed by atoms with Gasteiger partial charge in [0.25, 0.3) is 0 Å². The van der Waals surface area contributed by atoms with Crippen molar-refractivity contribution < 1.29 is 0 Å². The van der Waals surface area contributed by atoms with Gasteiger partial charge in [0.05, 0.1) is 0 Å². The molecule has 0 spiro atoms. The first kappa shape index (κ1) is 6.65. The normalized spacial score (nSPS) is 14.6. The van der Waals surface area contributed by atoms with Crippen LogP contribution in [0.15, 0.2) is 12.3 Å². The minimum Gasteiger partial charge on any atom is -0.388 e. The van der Waals surface area contributed by atoms with Crippen LogP contribution >= 0.6 is 0 Å². The van der Waals surface area contributed by atoms with Crippen LogP contribution in [0.5, 0.6) is 0 Å². The molecule has 0 unspecified atom stereocenters. The lowest BCUT2D eigenvalue weighted by atomic mass is 10.2. The number of aromatic nitrogens is 1. The largest absolute Gasteiger partial charge is 0.388 e. The van der Waals surface area contributed by atoms with Crippen molar-refractivity contribution >= 4 is 5.69 Å². The summed E-state index contributed by atoms with van der Waals surface area (Å²) in [4.78, 5) is 4.33. The van der Waals surface area contributed by atoms with Crippen molar-refractivity contribution in [3.8, 4) is 0 Å². The summed E-state index contributed by atoms with van der Waals surface area (Å²) in [6, 6.07) is 2.05. The molecule has 0 bridgehead atoms. The molecule has 0 amide bonds. The zero-order chi connectivity index (χ0) is 7.68. The molecule has 0 saturated carbocycles. The lowest BCUT2D eigenvalue weighted by Crippen LogP contribution is -1.95. The van der Waals surface area contributed by atoms with Gasteiger partial charge in [-0.3, -0.25) is 4.98 Å². The second kappa shape index (κ2) is 2.53. The predicted molar refractivity (Wildman–Crippen MR) is 45.8 cm³/mol. The van der Waals surface area contributed by atoms with E-state index in [1.54, 1.807) is 0 Å². The first-order chi connectivity index (χ1) is 5.42. The number of hydrogen-bond donors (Lipinski definition) is 1. The summed E-state index contributed by atoms with van der Waals surface area (Å²) in [5.74, 6) is 0. The second-order valence-corrected chi connectivity index (χ2v) is 2.89. The third kappa shape index (κ3) is 0.985. The molecule has 0 fully saturated rings. The van der Waals surface area contributed by atoms with Crippen LogP contribution in [-0.4, -0.2) is 12.0 Å². The lowest BCUT2D eigenvalue weighted by Gasteiger charge is -2.05. The van der Waals surface area contributed by atoms with E-state index >= 15 is 0 Å². The lowest BCUT2D eigenvalue weighted by molar-refractivity contribution is 0.899. The Hall–Kier alpha value is -1.05. The minimum absolute atomic E-state index is 1.16. The molecule has 0 atom stereocenters. The quantitative estimate of drug-likeness (QED) is 0.654. The van der Waals surface area contributed by atoms with Crippen LogP contribution in [0.1, 0.15) is 17.7 Å². The maximum absolute atomic E-state index is 4.33. The van der Waals surface area contributed by atoms with Gasteiger partial charge in [0, 0.05) is 24.6 Å². The van der Waals surface area contributed by atoms with Crippen LogP contribution in [0.4, 0.5) is 5.69 Å². The van der Waals surface area contributed by atoms with Gasteiger partial charge in [-0.15, -0.1) is 0 Å². The molecule has 1 N–H and O–H groups in total. The molecule has 2 heteroatoms. The fourth-order valence-electron chi connectivity index (χ4n) is 1.70. The molecule has 1 heterocycles. The molecule has 0 aromatic carbocycles. The third-order valence-corrected chi connectivity index (χ3v) is 2.25. The average Bonchev–Trinajstić information content (AvgIpc) is 2.50. The van der Waals surface area contributed by atoms with Crippen LogP contribution < -0.4 is 5.32 Å². The summed E-state index contributed by atoms with van der Waals surface area (Å²) >= 11 is 0. The van der Waals surface area contributed by atoms with Crippen LogP contribution in [0.25, 0.3) is 0 Å². The van der Waals surface area contributed by atoms with Crippen molar-refractivity contribution in [3.05, 3.63) is 23.5 Å². The first-order valence-corrected chi connectivity index (χ1v) is 4.06. The number of nitrogens with one attached hydrogen (secondary N) is 1. The zero-order valence-corrected chi connectivity index (χ0v) is 6.72.